The standard InChI is InChI=1S/C21H22ClNO7/c1-4-27-19-15(22)9-13(10-18(19)26-3)21(25)30-12(2)20(24)23-14-5-6-16-17(11-14)29-8-7-28-16/h5-6,9-12H,4,7-8H2,1-3H3,(H,23,24)/t12-/m0/s1. The van der Waals surface area contributed by atoms with Crippen LogP contribution in [0.4, 0.5) is 5.69 Å². The molecule has 1 atom stereocenters. The molecule has 8 nitrogen and oxygen atoms in total. The molecule has 1 amide bonds. The number of hydrogen-bond acceptors (Lipinski definition) is 7. The van der Waals surface area contributed by atoms with Gasteiger partial charge in [0.2, 0.25) is 0 Å². The van der Waals surface area contributed by atoms with Crippen molar-refractivity contribution in [3.63, 3.8) is 0 Å². The van der Waals surface area contributed by atoms with Crippen molar-refractivity contribution >= 4 is 29.2 Å². The Labute approximate surface area is 179 Å². The molecule has 0 unspecified atom stereocenters. The Kier molecular flexibility index (Phi) is 6.89. The number of carbonyl (C=O) groups is 2. The molecule has 0 bridgehead atoms. The summed E-state index contributed by atoms with van der Waals surface area (Å²) in [5, 5.41) is 2.89. The molecular weight excluding hydrogens is 414 g/mol. The summed E-state index contributed by atoms with van der Waals surface area (Å²) in [7, 11) is 1.44. The Hall–Kier alpha value is -3.13. The molecule has 160 valence electrons. The first-order valence-electron chi connectivity index (χ1n) is 9.34. The molecule has 1 N–H and O–H groups in total. The zero-order chi connectivity index (χ0) is 21.7. The van der Waals surface area contributed by atoms with Crippen LogP contribution >= 0.6 is 11.6 Å². The summed E-state index contributed by atoms with van der Waals surface area (Å²) < 4.78 is 26.9. The van der Waals surface area contributed by atoms with Gasteiger partial charge in [-0.05, 0) is 38.1 Å². The van der Waals surface area contributed by atoms with Crippen molar-refractivity contribution in [2.45, 2.75) is 20.0 Å². The number of nitrogens with one attached hydrogen (secondary N) is 1. The molecule has 2 aromatic carbocycles. The fourth-order valence-corrected chi connectivity index (χ4v) is 3.03. The van der Waals surface area contributed by atoms with Crippen molar-refractivity contribution in [2.75, 3.05) is 32.2 Å². The van der Waals surface area contributed by atoms with Crippen LogP contribution in [0.15, 0.2) is 30.3 Å². The molecule has 0 spiro atoms. The number of halogens is 1. The van der Waals surface area contributed by atoms with Crippen LogP contribution in [0.5, 0.6) is 23.0 Å². The lowest BCUT2D eigenvalue weighted by molar-refractivity contribution is -0.123. The van der Waals surface area contributed by atoms with E-state index in [0.717, 1.165) is 0 Å². The first-order valence-corrected chi connectivity index (χ1v) is 9.72. The number of amides is 1. The summed E-state index contributed by atoms with van der Waals surface area (Å²) in [5.74, 6) is 0.569. The summed E-state index contributed by atoms with van der Waals surface area (Å²) in [6.45, 7) is 4.58. The predicted octanol–water partition coefficient (Wildman–Crippen LogP) is 3.70. The van der Waals surface area contributed by atoms with Gasteiger partial charge in [-0.1, -0.05) is 11.6 Å². The molecule has 0 radical (unpaired) electrons. The zero-order valence-electron chi connectivity index (χ0n) is 16.8. The van der Waals surface area contributed by atoms with Crippen molar-refractivity contribution < 1.29 is 33.3 Å². The third-order valence-electron chi connectivity index (χ3n) is 4.22. The SMILES string of the molecule is CCOc1c(Cl)cc(C(=O)O[C@@H](C)C(=O)Nc2ccc3c(c2)OCCO3)cc1OC. The highest BCUT2D eigenvalue weighted by Gasteiger charge is 2.22. The first kappa shape index (κ1) is 21.6. The highest BCUT2D eigenvalue weighted by Crippen LogP contribution is 2.37. The molecule has 9 heteroatoms. The number of rotatable bonds is 7. The van der Waals surface area contributed by atoms with E-state index in [2.05, 4.69) is 5.32 Å². The van der Waals surface area contributed by atoms with Gasteiger partial charge in [0.05, 0.1) is 24.3 Å². The molecular formula is C21H22ClNO7. The van der Waals surface area contributed by atoms with Crippen molar-refractivity contribution in [1.82, 2.24) is 0 Å². The van der Waals surface area contributed by atoms with Crippen molar-refractivity contribution in [1.29, 1.82) is 0 Å². The van der Waals surface area contributed by atoms with E-state index >= 15 is 0 Å². The third-order valence-corrected chi connectivity index (χ3v) is 4.50. The van der Waals surface area contributed by atoms with Gasteiger partial charge >= 0.3 is 5.97 Å². The zero-order valence-corrected chi connectivity index (χ0v) is 17.6. The van der Waals surface area contributed by atoms with Crippen molar-refractivity contribution in [3.05, 3.63) is 40.9 Å². The molecule has 2 aromatic rings. The van der Waals surface area contributed by atoms with Crippen LogP contribution in [-0.4, -0.2) is 44.9 Å². The normalized spacial score (nSPS) is 13.2. The van der Waals surface area contributed by atoms with Gasteiger partial charge in [0.25, 0.3) is 5.91 Å². The maximum atomic E-state index is 12.5. The molecule has 0 saturated heterocycles. The fourth-order valence-electron chi connectivity index (χ4n) is 2.77. The summed E-state index contributed by atoms with van der Waals surface area (Å²) in [6.07, 6.45) is -1.05. The molecule has 30 heavy (non-hydrogen) atoms. The number of ether oxygens (including phenoxy) is 5. The molecule has 1 aliphatic rings. The molecule has 1 aliphatic heterocycles. The topological polar surface area (TPSA) is 92.3 Å². The summed E-state index contributed by atoms with van der Waals surface area (Å²) in [5.41, 5.74) is 0.636. The third kappa shape index (κ3) is 4.88. The lowest BCUT2D eigenvalue weighted by Gasteiger charge is -2.19. The number of methoxy groups -OCH3 is 1. The van der Waals surface area contributed by atoms with E-state index in [9.17, 15) is 9.59 Å². The van der Waals surface area contributed by atoms with Crippen LogP contribution in [0.2, 0.25) is 5.02 Å². The minimum atomic E-state index is -1.05. The maximum Gasteiger partial charge on any atom is 0.339 e. The fraction of sp³-hybridized carbons (Fsp3) is 0.333. The Bertz CT molecular complexity index is 947. The van der Waals surface area contributed by atoms with E-state index in [0.29, 0.717) is 48.5 Å². The monoisotopic (exact) mass is 435 g/mol. The Morgan fingerprint density at radius 1 is 1.17 bits per heavy atom. The van der Waals surface area contributed by atoms with Gasteiger partial charge in [0.15, 0.2) is 29.1 Å². The minimum absolute atomic E-state index is 0.138. The second-order valence-corrected chi connectivity index (χ2v) is 6.72. The van der Waals surface area contributed by atoms with E-state index in [1.165, 1.54) is 26.2 Å². The lowest BCUT2D eigenvalue weighted by atomic mass is 10.2. The van der Waals surface area contributed by atoms with Gasteiger partial charge in [-0.25, -0.2) is 4.79 Å². The summed E-state index contributed by atoms with van der Waals surface area (Å²) in [4.78, 5) is 24.9. The number of carbonyl (C=O) groups excluding carboxylic acids is 2. The number of esters is 1. The number of benzene rings is 2. The van der Waals surface area contributed by atoms with Crippen molar-refractivity contribution in [3.8, 4) is 23.0 Å². The summed E-state index contributed by atoms with van der Waals surface area (Å²) >= 11 is 6.19. The van der Waals surface area contributed by atoms with Gasteiger partial charge in [0, 0.05) is 11.8 Å². The van der Waals surface area contributed by atoms with Crippen molar-refractivity contribution in [2.24, 2.45) is 0 Å². The van der Waals surface area contributed by atoms with Crippen LogP contribution in [0.25, 0.3) is 0 Å². The highest BCUT2D eigenvalue weighted by atomic mass is 35.5. The van der Waals surface area contributed by atoms with E-state index in [4.69, 9.17) is 35.3 Å². The molecule has 1 heterocycles. The van der Waals surface area contributed by atoms with Crippen LogP contribution in [0, 0.1) is 0 Å². The maximum absolute atomic E-state index is 12.5. The predicted molar refractivity (Wildman–Crippen MR) is 110 cm³/mol. The molecule has 0 fully saturated rings. The van der Waals surface area contributed by atoms with Crippen LogP contribution < -0.4 is 24.3 Å². The average Bonchev–Trinajstić information content (AvgIpc) is 2.74. The van der Waals surface area contributed by atoms with E-state index in [1.54, 1.807) is 25.1 Å². The van der Waals surface area contributed by atoms with E-state index in [1.807, 2.05) is 0 Å². The van der Waals surface area contributed by atoms with Crippen LogP contribution in [0.1, 0.15) is 24.2 Å². The Morgan fingerprint density at radius 2 is 1.90 bits per heavy atom. The van der Waals surface area contributed by atoms with Gasteiger partial charge in [-0.3, -0.25) is 4.79 Å². The minimum Gasteiger partial charge on any atom is -0.493 e. The molecule has 3 rings (SSSR count). The first-order chi connectivity index (χ1) is 14.4. The Balaban J connectivity index is 1.66. The molecule has 0 aromatic heterocycles. The second-order valence-electron chi connectivity index (χ2n) is 6.32. The average molecular weight is 436 g/mol. The number of hydrogen-bond donors (Lipinski definition) is 1. The smallest absolute Gasteiger partial charge is 0.339 e. The number of anilines is 1. The lowest BCUT2D eigenvalue weighted by Crippen LogP contribution is -2.30. The highest BCUT2D eigenvalue weighted by molar-refractivity contribution is 6.32. The number of fused-ring (bicyclic) bond motifs is 1. The summed E-state index contributed by atoms with van der Waals surface area (Å²) in [6, 6.07) is 7.89. The second kappa shape index (κ2) is 9.58. The van der Waals surface area contributed by atoms with Crippen LogP contribution in [-0.2, 0) is 9.53 Å². The van der Waals surface area contributed by atoms with Crippen LogP contribution in [0.3, 0.4) is 0 Å². The van der Waals surface area contributed by atoms with E-state index in [-0.39, 0.29) is 10.6 Å². The van der Waals surface area contributed by atoms with Gasteiger partial charge in [0.1, 0.15) is 13.2 Å². The Morgan fingerprint density at radius 3 is 2.60 bits per heavy atom. The van der Waals surface area contributed by atoms with E-state index < -0.39 is 18.0 Å². The van der Waals surface area contributed by atoms with Gasteiger partial charge < -0.3 is 29.0 Å². The largest absolute Gasteiger partial charge is 0.493 e. The van der Waals surface area contributed by atoms with Gasteiger partial charge in [-0.2, -0.15) is 0 Å². The molecule has 0 aliphatic carbocycles. The quantitative estimate of drug-likeness (QED) is 0.663. The van der Waals surface area contributed by atoms with Gasteiger partial charge in [-0.15, -0.1) is 0 Å². The molecule has 0 saturated carbocycles.